The fourth-order valence-electron chi connectivity index (χ4n) is 3.83. The van der Waals surface area contributed by atoms with E-state index >= 15 is 0 Å². The van der Waals surface area contributed by atoms with Crippen LogP contribution in [0.25, 0.3) is 0 Å². The van der Waals surface area contributed by atoms with E-state index < -0.39 is 5.82 Å². The van der Waals surface area contributed by atoms with Gasteiger partial charge < -0.3 is 18.8 Å². The number of rotatable bonds is 7. The van der Waals surface area contributed by atoms with Crippen molar-refractivity contribution in [2.45, 2.75) is 25.2 Å². The molecule has 0 radical (unpaired) electrons. The minimum atomic E-state index is -0.478. The van der Waals surface area contributed by atoms with Gasteiger partial charge in [0.1, 0.15) is 11.5 Å². The Bertz CT molecular complexity index is 1040. The Morgan fingerprint density at radius 1 is 1.19 bits per heavy atom. The first kappa shape index (κ1) is 20.9. The molecule has 0 unspecified atom stereocenters. The summed E-state index contributed by atoms with van der Waals surface area (Å²) in [7, 11) is 1.65. The van der Waals surface area contributed by atoms with Crippen molar-refractivity contribution in [3.63, 3.8) is 0 Å². The van der Waals surface area contributed by atoms with E-state index in [9.17, 15) is 9.18 Å². The smallest absolute Gasteiger partial charge is 0.260 e. The molecule has 1 aromatic heterocycles. The molecule has 2 heterocycles. The SMILES string of the molecule is COc1ccccc1Cc1cnc([C@H]2CCCN(C(=O)COc3ccccc3F)C2)o1. The molecule has 1 amide bonds. The maximum atomic E-state index is 13.7. The molecule has 0 saturated carbocycles. The lowest BCUT2D eigenvalue weighted by atomic mass is 9.98. The Balaban J connectivity index is 1.36. The molecule has 0 spiro atoms. The van der Waals surface area contributed by atoms with Crippen molar-refractivity contribution in [2.24, 2.45) is 0 Å². The molecule has 3 aromatic rings. The van der Waals surface area contributed by atoms with E-state index in [1.807, 2.05) is 24.3 Å². The van der Waals surface area contributed by atoms with Gasteiger partial charge in [-0.1, -0.05) is 30.3 Å². The molecule has 0 bridgehead atoms. The second-order valence-corrected chi connectivity index (χ2v) is 7.55. The summed E-state index contributed by atoms with van der Waals surface area (Å²) in [6.07, 6.45) is 4.07. The number of amides is 1. The quantitative estimate of drug-likeness (QED) is 0.569. The zero-order chi connectivity index (χ0) is 21.6. The topological polar surface area (TPSA) is 64.8 Å². The zero-order valence-corrected chi connectivity index (χ0v) is 17.4. The minimum absolute atomic E-state index is 0.0255. The zero-order valence-electron chi connectivity index (χ0n) is 17.4. The van der Waals surface area contributed by atoms with Crippen LogP contribution in [0.4, 0.5) is 4.39 Å². The van der Waals surface area contributed by atoms with E-state index in [-0.39, 0.29) is 24.2 Å². The third-order valence-electron chi connectivity index (χ3n) is 5.44. The van der Waals surface area contributed by atoms with Gasteiger partial charge in [-0.15, -0.1) is 0 Å². The van der Waals surface area contributed by atoms with Gasteiger partial charge in [0.15, 0.2) is 24.1 Å². The van der Waals surface area contributed by atoms with Crippen molar-refractivity contribution in [1.82, 2.24) is 9.88 Å². The molecule has 2 aromatic carbocycles. The molecule has 31 heavy (non-hydrogen) atoms. The van der Waals surface area contributed by atoms with Gasteiger partial charge in [-0.2, -0.15) is 0 Å². The van der Waals surface area contributed by atoms with Crippen LogP contribution in [0.3, 0.4) is 0 Å². The number of ether oxygens (including phenoxy) is 2. The second kappa shape index (κ2) is 9.64. The second-order valence-electron chi connectivity index (χ2n) is 7.55. The lowest BCUT2D eigenvalue weighted by Gasteiger charge is -2.31. The number of aromatic nitrogens is 1. The van der Waals surface area contributed by atoms with Crippen LogP contribution in [0, 0.1) is 5.82 Å². The summed E-state index contributed by atoms with van der Waals surface area (Å²) < 4.78 is 30.5. The van der Waals surface area contributed by atoms with Gasteiger partial charge in [-0.25, -0.2) is 9.37 Å². The van der Waals surface area contributed by atoms with Crippen LogP contribution in [0.1, 0.15) is 36.0 Å². The van der Waals surface area contributed by atoms with E-state index in [1.165, 1.54) is 12.1 Å². The van der Waals surface area contributed by atoms with Gasteiger partial charge in [-0.3, -0.25) is 4.79 Å². The Labute approximate surface area is 180 Å². The summed E-state index contributed by atoms with van der Waals surface area (Å²) >= 11 is 0. The number of nitrogens with zero attached hydrogens (tertiary/aromatic N) is 2. The molecule has 4 rings (SSSR count). The highest BCUT2D eigenvalue weighted by atomic mass is 19.1. The van der Waals surface area contributed by atoms with Crippen LogP contribution in [0.2, 0.25) is 0 Å². The van der Waals surface area contributed by atoms with E-state index in [0.717, 1.165) is 29.9 Å². The van der Waals surface area contributed by atoms with E-state index in [0.29, 0.717) is 25.4 Å². The number of methoxy groups -OCH3 is 1. The molecular formula is C24H25FN2O4. The lowest BCUT2D eigenvalue weighted by molar-refractivity contribution is -0.134. The number of para-hydroxylation sites is 2. The number of oxazole rings is 1. The van der Waals surface area contributed by atoms with E-state index in [1.54, 1.807) is 30.3 Å². The fraction of sp³-hybridized carbons (Fsp3) is 0.333. The first-order valence-corrected chi connectivity index (χ1v) is 10.4. The predicted molar refractivity (Wildman–Crippen MR) is 113 cm³/mol. The summed E-state index contributed by atoms with van der Waals surface area (Å²) in [5, 5.41) is 0. The van der Waals surface area contributed by atoms with E-state index in [2.05, 4.69) is 4.98 Å². The molecule has 6 nitrogen and oxygen atoms in total. The van der Waals surface area contributed by atoms with Crippen LogP contribution in [-0.4, -0.2) is 42.6 Å². The highest BCUT2D eigenvalue weighted by molar-refractivity contribution is 5.78. The molecule has 1 aliphatic rings. The summed E-state index contributed by atoms with van der Waals surface area (Å²) in [4.78, 5) is 18.8. The highest BCUT2D eigenvalue weighted by Crippen LogP contribution is 2.28. The Hall–Kier alpha value is -3.35. The van der Waals surface area contributed by atoms with Crippen molar-refractivity contribution < 1.29 is 23.1 Å². The molecule has 1 fully saturated rings. The van der Waals surface area contributed by atoms with Crippen LogP contribution in [-0.2, 0) is 11.2 Å². The Morgan fingerprint density at radius 3 is 2.77 bits per heavy atom. The van der Waals surface area contributed by atoms with Crippen LogP contribution in [0.5, 0.6) is 11.5 Å². The number of carbonyl (C=O) groups excluding carboxylic acids is 1. The van der Waals surface area contributed by atoms with Crippen molar-refractivity contribution >= 4 is 5.91 Å². The van der Waals surface area contributed by atoms with Crippen molar-refractivity contribution in [3.8, 4) is 11.5 Å². The Morgan fingerprint density at radius 2 is 1.97 bits per heavy atom. The monoisotopic (exact) mass is 424 g/mol. The minimum Gasteiger partial charge on any atom is -0.496 e. The van der Waals surface area contributed by atoms with Gasteiger partial charge in [0, 0.05) is 25.1 Å². The van der Waals surface area contributed by atoms with Crippen LogP contribution < -0.4 is 9.47 Å². The molecule has 0 aliphatic carbocycles. The van der Waals surface area contributed by atoms with Crippen molar-refractivity contribution in [2.75, 3.05) is 26.8 Å². The summed E-state index contributed by atoms with van der Waals surface area (Å²) in [6.45, 7) is 0.955. The summed E-state index contributed by atoms with van der Waals surface area (Å²) in [6, 6.07) is 13.9. The van der Waals surface area contributed by atoms with Crippen molar-refractivity contribution in [3.05, 3.63) is 77.8 Å². The van der Waals surface area contributed by atoms with Crippen LogP contribution in [0.15, 0.2) is 59.1 Å². The molecule has 1 aliphatic heterocycles. The van der Waals surface area contributed by atoms with Crippen molar-refractivity contribution in [1.29, 1.82) is 0 Å². The van der Waals surface area contributed by atoms with Gasteiger partial charge in [0.2, 0.25) is 0 Å². The first-order valence-electron chi connectivity index (χ1n) is 10.4. The average Bonchev–Trinajstić information content (AvgIpc) is 3.27. The molecule has 0 N–H and O–H groups in total. The van der Waals surface area contributed by atoms with E-state index in [4.69, 9.17) is 13.9 Å². The maximum absolute atomic E-state index is 13.7. The number of likely N-dealkylation sites (tertiary alicyclic amines) is 1. The number of halogens is 1. The lowest BCUT2D eigenvalue weighted by Crippen LogP contribution is -2.41. The van der Waals surface area contributed by atoms with Gasteiger partial charge in [-0.05, 0) is 31.0 Å². The Kier molecular flexibility index (Phi) is 6.50. The molecule has 1 atom stereocenters. The highest BCUT2D eigenvalue weighted by Gasteiger charge is 2.28. The first-order chi connectivity index (χ1) is 15.1. The molecule has 7 heteroatoms. The van der Waals surface area contributed by atoms with Gasteiger partial charge >= 0.3 is 0 Å². The fourth-order valence-corrected chi connectivity index (χ4v) is 3.83. The number of hydrogen-bond acceptors (Lipinski definition) is 5. The third kappa shape index (κ3) is 5.05. The van der Waals surface area contributed by atoms with Crippen LogP contribution >= 0.6 is 0 Å². The van der Waals surface area contributed by atoms with Gasteiger partial charge in [0.25, 0.3) is 5.91 Å². The maximum Gasteiger partial charge on any atom is 0.260 e. The summed E-state index contributed by atoms with van der Waals surface area (Å²) in [5.74, 6) is 1.66. The number of piperidine rings is 1. The van der Waals surface area contributed by atoms with Gasteiger partial charge in [0.05, 0.1) is 19.2 Å². The molecular weight excluding hydrogens is 399 g/mol. The molecule has 162 valence electrons. The molecule has 1 saturated heterocycles. The largest absolute Gasteiger partial charge is 0.496 e. The third-order valence-corrected chi connectivity index (χ3v) is 5.44. The normalized spacial score (nSPS) is 16.2. The number of benzene rings is 2. The number of hydrogen-bond donors (Lipinski definition) is 0. The predicted octanol–water partition coefficient (Wildman–Crippen LogP) is 4.20. The summed E-state index contributed by atoms with van der Waals surface area (Å²) in [5.41, 5.74) is 1.03. The average molecular weight is 424 g/mol. The number of carbonyl (C=O) groups is 1. The standard InChI is InChI=1S/C24H25FN2O4/c1-29-21-10-4-2-7-17(21)13-19-14-26-24(31-19)18-8-6-12-27(15-18)23(28)16-30-22-11-5-3-9-20(22)25/h2-5,7,9-11,14,18H,6,8,12-13,15-16H2,1H3/t18-/m0/s1.